The minimum atomic E-state index is -4.96. The molecule has 0 aromatic rings. The van der Waals surface area contributed by atoms with Gasteiger partial charge in [-0.05, 0) is 31.6 Å². The van der Waals surface area contributed by atoms with Gasteiger partial charge >= 0.3 is 39.5 Å². The van der Waals surface area contributed by atoms with Crippen molar-refractivity contribution in [1.82, 2.24) is 0 Å². The summed E-state index contributed by atoms with van der Waals surface area (Å²) in [6, 6.07) is 0. The topological polar surface area (TPSA) is 237 Å². The summed E-state index contributed by atoms with van der Waals surface area (Å²) in [7, 11) is -9.92. The van der Waals surface area contributed by atoms with Crippen molar-refractivity contribution >= 4 is 39.5 Å². The molecule has 103 heavy (non-hydrogen) atoms. The van der Waals surface area contributed by atoms with Crippen molar-refractivity contribution in [3.63, 3.8) is 0 Å². The number of carbonyl (C=O) groups is 4. The van der Waals surface area contributed by atoms with E-state index in [1.54, 1.807) is 0 Å². The molecule has 0 radical (unpaired) electrons. The summed E-state index contributed by atoms with van der Waals surface area (Å²) in [6.45, 7) is 7.37. The Hall–Kier alpha value is -1.94. The fourth-order valence-electron chi connectivity index (χ4n) is 13.1. The molecule has 0 saturated carbocycles. The van der Waals surface area contributed by atoms with E-state index in [-0.39, 0.29) is 25.7 Å². The number of phosphoric ester groups is 2. The van der Waals surface area contributed by atoms with Crippen LogP contribution in [0, 0.1) is 5.92 Å². The zero-order valence-electron chi connectivity index (χ0n) is 67.5. The molecular weight excluding hydrogens is 1340 g/mol. The standard InChI is InChI=1S/C84H164O17P2/c1-6-9-12-15-18-21-24-27-28-29-30-31-32-33-34-35-40-45-50-55-60-65-70-84(89)101-80(74-95-82(87)68-63-58-53-48-44-39-37-36-38-41-46-51-56-61-66-77(4)5)76-99-103(92,93)97-72-78(85)71-96-102(90,91)98-75-79(100-83(88)69-64-59-54-49-43-26-23-20-17-14-11-8-3)73-94-81(86)67-62-57-52-47-42-25-22-19-16-13-10-7-2/h77-80,85H,6-76H2,1-5H3,(H,90,91)(H,92,93)/t78-,79+,80+/m0/s1. The van der Waals surface area contributed by atoms with E-state index in [1.807, 2.05) is 0 Å². The van der Waals surface area contributed by atoms with Gasteiger partial charge in [0.1, 0.15) is 19.3 Å². The number of esters is 4. The average molecular weight is 1510 g/mol. The molecule has 17 nitrogen and oxygen atoms in total. The maximum atomic E-state index is 13.1. The van der Waals surface area contributed by atoms with E-state index < -0.39 is 97.5 Å². The van der Waals surface area contributed by atoms with Crippen molar-refractivity contribution in [2.75, 3.05) is 39.6 Å². The van der Waals surface area contributed by atoms with Crippen LogP contribution in [0.15, 0.2) is 0 Å². The zero-order chi connectivity index (χ0) is 75.5. The quantitative estimate of drug-likeness (QED) is 0.0222. The van der Waals surface area contributed by atoms with Crippen molar-refractivity contribution < 1.29 is 80.2 Å². The number of hydrogen-bond acceptors (Lipinski definition) is 15. The first-order valence-corrected chi connectivity index (χ1v) is 46.6. The van der Waals surface area contributed by atoms with Gasteiger partial charge in [-0.15, -0.1) is 0 Å². The maximum Gasteiger partial charge on any atom is 0.472 e. The third-order valence-electron chi connectivity index (χ3n) is 19.8. The van der Waals surface area contributed by atoms with Crippen molar-refractivity contribution in [3.05, 3.63) is 0 Å². The largest absolute Gasteiger partial charge is 0.472 e. The number of hydrogen-bond donors (Lipinski definition) is 3. The molecule has 0 aliphatic rings. The molecule has 3 N–H and O–H groups in total. The number of phosphoric acid groups is 2. The molecule has 0 saturated heterocycles. The van der Waals surface area contributed by atoms with E-state index in [9.17, 15) is 43.2 Å². The Bertz CT molecular complexity index is 1960. The van der Waals surface area contributed by atoms with E-state index in [4.69, 9.17) is 37.0 Å². The van der Waals surface area contributed by atoms with Crippen LogP contribution in [0.5, 0.6) is 0 Å². The Morgan fingerprint density at radius 2 is 0.447 bits per heavy atom. The summed E-state index contributed by atoms with van der Waals surface area (Å²) in [6.07, 6.45) is 69.4. The second-order valence-corrected chi connectivity index (χ2v) is 33.6. The predicted molar refractivity (Wildman–Crippen MR) is 423 cm³/mol. The van der Waals surface area contributed by atoms with Gasteiger partial charge in [-0.3, -0.25) is 37.3 Å². The molecule has 612 valence electrons. The van der Waals surface area contributed by atoms with Crippen LogP contribution >= 0.6 is 15.6 Å². The number of aliphatic hydroxyl groups excluding tert-OH is 1. The van der Waals surface area contributed by atoms with E-state index in [0.29, 0.717) is 25.7 Å². The van der Waals surface area contributed by atoms with Gasteiger partial charge in [0.2, 0.25) is 0 Å². The summed E-state index contributed by atoms with van der Waals surface area (Å²) in [5.41, 5.74) is 0. The van der Waals surface area contributed by atoms with E-state index in [2.05, 4.69) is 34.6 Å². The third kappa shape index (κ3) is 78.0. The van der Waals surface area contributed by atoms with Crippen molar-refractivity contribution in [2.45, 2.75) is 470 Å². The van der Waals surface area contributed by atoms with Crippen LogP contribution in [-0.4, -0.2) is 96.7 Å². The molecule has 0 bridgehead atoms. The van der Waals surface area contributed by atoms with Gasteiger partial charge in [-0.1, -0.05) is 401 Å². The van der Waals surface area contributed by atoms with Crippen LogP contribution in [0.1, 0.15) is 452 Å². The lowest BCUT2D eigenvalue weighted by atomic mass is 10.0. The molecule has 0 heterocycles. The number of rotatable bonds is 84. The highest BCUT2D eigenvalue weighted by molar-refractivity contribution is 7.47. The lowest BCUT2D eigenvalue weighted by molar-refractivity contribution is -0.161. The number of carbonyl (C=O) groups excluding carboxylic acids is 4. The predicted octanol–water partition coefficient (Wildman–Crippen LogP) is 25.6. The Labute approximate surface area is 632 Å². The summed E-state index contributed by atoms with van der Waals surface area (Å²) < 4.78 is 68.8. The molecule has 0 aromatic carbocycles. The Kier molecular flexibility index (Phi) is 75.4. The molecule has 0 spiro atoms. The summed E-state index contributed by atoms with van der Waals surface area (Å²) in [5, 5.41) is 10.7. The summed E-state index contributed by atoms with van der Waals surface area (Å²) >= 11 is 0. The van der Waals surface area contributed by atoms with Crippen LogP contribution in [0.4, 0.5) is 0 Å². The summed E-state index contributed by atoms with van der Waals surface area (Å²) in [4.78, 5) is 73.1. The van der Waals surface area contributed by atoms with Crippen LogP contribution in [-0.2, 0) is 65.4 Å². The molecule has 0 aromatic heterocycles. The minimum Gasteiger partial charge on any atom is -0.462 e. The molecule has 2 unspecified atom stereocenters. The summed E-state index contributed by atoms with van der Waals surface area (Å²) in [5.74, 6) is -1.30. The van der Waals surface area contributed by atoms with E-state index in [0.717, 1.165) is 95.8 Å². The van der Waals surface area contributed by atoms with Gasteiger partial charge in [0, 0.05) is 25.7 Å². The lowest BCUT2D eigenvalue weighted by Crippen LogP contribution is -2.30. The SMILES string of the molecule is CCCCCCCCCCCCCCCCCCCCCCCCC(=O)O[C@H](COC(=O)CCCCCCCCCCCCCCCCC(C)C)COP(=O)(O)OC[C@@H](O)COP(=O)(O)OC[C@@H](COC(=O)CCCCCCCCCCCCCC)OC(=O)CCCCCCCCCCCCCC. The highest BCUT2D eigenvalue weighted by Gasteiger charge is 2.30. The zero-order valence-corrected chi connectivity index (χ0v) is 69.3. The van der Waals surface area contributed by atoms with Crippen molar-refractivity contribution in [2.24, 2.45) is 5.92 Å². The van der Waals surface area contributed by atoms with Gasteiger partial charge in [-0.25, -0.2) is 9.13 Å². The Balaban J connectivity index is 5.22. The van der Waals surface area contributed by atoms with E-state index in [1.165, 1.54) is 276 Å². The number of ether oxygens (including phenoxy) is 4. The van der Waals surface area contributed by atoms with Gasteiger partial charge in [0.25, 0.3) is 0 Å². The fourth-order valence-corrected chi connectivity index (χ4v) is 14.7. The number of aliphatic hydroxyl groups is 1. The van der Waals surface area contributed by atoms with Crippen LogP contribution < -0.4 is 0 Å². The molecule has 0 aliphatic heterocycles. The lowest BCUT2D eigenvalue weighted by Gasteiger charge is -2.21. The normalized spacial score (nSPS) is 13.8. The molecule has 0 amide bonds. The fraction of sp³-hybridized carbons (Fsp3) is 0.952. The Morgan fingerprint density at radius 3 is 0.660 bits per heavy atom. The molecule has 0 fully saturated rings. The second kappa shape index (κ2) is 76.8. The maximum absolute atomic E-state index is 13.1. The first-order valence-electron chi connectivity index (χ1n) is 43.6. The molecule has 19 heteroatoms. The van der Waals surface area contributed by atoms with Crippen molar-refractivity contribution in [3.8, 4) is 0 Å². The monoisotopic (exact) mass is 1510 g/mol. The highest BCUT2D eigenvalue weighted by atomic mass is 31.2. The van der Waals surface area contributed by atoms with Gasteiger partial charge in [-0.2, -0.15) is 0 Å². The van der Waals surface area contributed by atoms with Gasteiger partial charge < -0.3 is 33.8 Å². The Morgan fingerprint density at radius 1 is 0.262 bits per heavy atom. The van der Waals surface area contributed by atoms with Gasteiger partial charge in [0.05, 0.1) is 26.4 Å². The molecule has 0 aliphatic carbocycles. The van der Waals surface area contributed by atoms with Gasteiger partial charge in [0.15, 0.2) is 12.2 Å². The first kappa shape index (κ1) is 101. The average Bonchev–Trinajstić information content (AvgIpc) is 0.916. The van der Waals surface area contributed by atoms with E-state index >= 15 is 0 Å². The number of unbranched alkanes of at least 4 members (excludes halogenated alkanes) is 56. The van der Waals surface area contributed by atoms with Crippen molar-refractivity contribution in [1.29, 1.82) is 0 Å². The molecule has 0 rings (SSSR count). The van der Waals surface area contributed by atoms with Crippen LogP contribution in [0.25, 0.3) is 0 Å². The van der Waals surface area contributed by atoms with Crippen LogP contribution in [0.3, 0.4) is 0 Å². The second-order valence-electron chi connectivity index (χ2n) is 30.7. The minimum absolute atomic E-state index is 0.108. The molecular formula is C84H164O17P2. The third-order valence-corrected chi connectivity index (χ3v) is 21.7. The molecule has 5 atom stereocenters. The smallest absolute Gasteiger partial charge is 0.462 e. The van der Waals surface area contributed by atoms with Crippen LogP contribution in [0.2, 0.25) is 0 Å². The first-order chi connectivity index (χ1) is 50.0. The highest BCUT2D eigenvalue weighted by Crippen LogP contribution is 2.45.